The predicted octanol–water partition coefficient (Wildman–Crippen LogP) is 3.08. The Kier molecular flexibility index (Phi) is 1.20. The molecule has 4 atom stereocenters. The van der Waals surface area contributed by atoms with E-state index >= 15 is 0 Å². The third-order valence-electron chi connectivity index (χ3n) is 4.49. The maximum Gasteiger partial charge on any atom is -0.0352 e. The number of fused-ring (bicyclic) bond motifs is 1. The Balaban J connectivity index is 1.41. The Morgan fingerprint density at radius 3 is 2.18 bits per heavy atom. The molecule has 0 bridgehead atoms. The quantitative estimate of drug-likeness (QED) is 0.580. The molecule has 0 saturated heterocycles. The summed E-state index contributed by atoms with van der Waals surface area (Å²) in [4.78, 5) is 0. The van der Waals surface area contributed by atoms with Crippen molar-refractivity contribution in [2.24, 2.45) is 29.6 Å². The molecule has 0 nitrogen and oxygen atoms in total. The van der Waals surface area contributed by atoms with Gasteiger partial charge in [-0.2, -0.15) is 0 Å². The molecule has 3 rings (SSSR count). The first kappa shape index (κ1) is 6.51. The Bertz CT molecular complexity index is 163. The minimum atomic E-state index is 1.09. The van der Waals surface area contributed by atoms with Crippen molar-refractivity contribution in [3.8, 4) is 0 Å². The maximum absolute atomic E-state index is 2.41. The van der Waals surface area contributed by atoms with Gasteiger partial charge in [0.05, 0.1) is 0 Å². The molecule has 3 aliphatic rings. The topological polar surface area (TPSA) is 0 Å². The average Bonchev–Trinajstić information content (AvgIpc) is 2.70. The average molecular weight is 150 g/mol. The van der Waals surface area contributed by atoms with Crippen LogP contribution in [-0.4, -0.2) is 0 Å². The standard InChI is InChI=1S/C11H18/c1-7-6-8(7)2-3-9-10-4-5-11(9)10/h7-11H,2-6H2,1H3. The number of rotatable bonds is 3. The summed E-state index contributed by atoms with van der Waals surface area (Å²) in [5.41, 5.74) is 0. The molecular formula is C11H18. The van der Waals surface area contributed by atoms with Crippen molar-refractivity contribution in [3.63, 3.8) is 0 Å². The predicted molar refractivity (Wildman–Crippen MR) is 46.2 cm³/mol. The summed E-state index contributed by atoms with van der Waals surface area (Å²) in [6, 6.07) is 0. The van der Waals surface area contributed by atoms with Crippen LogP contribution < -0.4 is 0 Å². The summed E-state index contributed by atoms with van der Waals surface area (Å²) >= 11 is 0. The van der Waals surface area contributed by atoms with E-state index in [1.807, 2.05) is 0 Å². The molecule has 0 spiro atoms. The highest BCUT2D eigenvalue weighted by molar-refractivity contribution is 5.04. The van der Waals surface area contributed by atoms with Crippen LogP contribution in [0.4, 0.5) is 0 Å². The van der Waals surface area contributed by atoms with Crippen molar-refractivity contribution < 1.29 is 0 Å². The summed E-state index contributed by atoms with van der Waals surface area (Å²) in [7, 11) is 0. The molecule has 3 aliphatic carbocycles. The van der Waals surface area contributed by atoms with Gasteiger partial charge in [0.2, 0.25) is 0 Å². The van der Waals surface area contributed by atoms with E-state index in [9.17, 15) is 0 Å². The van der Waals surface area contributed by atoms with E-state index in [0.717, 1.165) is 11.8 Å². The first-order chi connectivity index (χ1) is 5.36. The fourth-order valence-corrected chi connectivity index (χ4v) is 3.14. The van der Waals surface area contributed by atoms with Gasteiger partial charge in [-0.1, -0.05) is 6.92 Å². The van der Waals surface area contributed by atoms with Crippen LogP contribution in [0.15, 0.2) is 0 Å². The Labute approximate surface area is 69.4 Å². The maximum atomic E-state index is 2.41. The van der Waals surface area contributed by atoms with Gasteiger partial charge in [0.25, 0.3) is 0 Å². The highest BCUT2D eigenvalue weighted by Crippen LogP contribution is 2.63. The molecule has 3 saturated carbocycles. The van der Waals surface area contributed by atoms with Gasteiger partial charge in [0.1, 0.15) is 0 Å². The third-order valence-corrected chi connectivity index (χ3v) is 4.49. The van der Waals surface area contributed by atoms with Gasteiger partial charge in [-0.25, -0.2) is 0 Å². The summed E-state index contributed by atoms with van der Waals surface area (Å²) in [6.07, 6.45) is 7.86. The van der Waals surface area contributed by atoms with Crippen LogP contribution in [0.2, 0.25) is 0 Å². The van der Waals surface area contributed by atoms with E-state index in [0.29, 0.717) is 0 Å². The van der Waals surface area contributed by atoms with Crippen LogP contribution >= 0.6 is 0 Å². The smallest absolute Gasteiger partial charge is 0.0352 e. The van der Waals surface area contributed by atoms with E-state index in [4.69, 9.17) is 0 Å². The molecule has 0 radical (unpaired) electrons. The van der Waals surface area contributed by atoms with Crippen LogP contribution in [0.3, 0.4) is 0 Å². The van der Waals surface area contributed by atoms with Crippen molar-refractivity contribution in [3.05, 3.63) is 0 Å². The van der Waals surface area contributed by atoms with Gasteiger partial charge in [-0.15, -0.1) is 0 Å². The van der Waals surface area contributed by atoms with E-state index in [-0.39, 0.29) is 0 Å². The molecule has 4 unspecified atom stereocenters. The van der Waals surface area contributed by atoms with Gasteiger partial charge >= 0.3 is 0 Å². The molecule has 11 heavy (non-hydrogen) atoms. The van der Waals surface area contributed by atoms with Gasteiger partial charge in [0.15, 0.2) is 0 Å². The van der Waals surface area contributed by atoms with Crippen LogP contribution in [0, 0.1) is 29.6 Å². The van der Waals surface area contributed by atoms with Crippen LogP contribution in [0.1, 0.15) is 39.0 Å². The van der Waals surface area contributed by atoms with Gasteiger partial charge in [-0.05, 0) is 61.7 Å². The molecule has 0 aromatic carbocycles. The fraction of sp³-hybridized carbons (Fsp3) is 1.00. The second kappa shape index (κ2) is 2.02. The summed E-state index contributed by atoms with van der Waals surface area (Å²) in [5.74, 6) is 5.90. The van der Waals surface area contributed by atoms with Gasteiger partial charge < -0.3 is 0 Å². The van der Waals surface area contributed by atoms with Gasteiger partial charge in [0, 0.05) is 0 Å². The number of hydrogen-bond donors (Lipinski definition) is 0. The zero-order chi connectivity index (χ0) is 7.42. The molecule has 0 heterocycles. The fourth-order valence-electron chi connectivity index (χ4n) is 3.14. The largest absolute Gasteiger partial charge is 0.0622 e. The lowest BCUT2D eigenvalue weighted by molar-refractivity contribution is 0.468. The van der Waals surface area contributed by atoms with E-state index in [2.05, 4.69) is 6.92 Å². The molecule has 0 aromatic rings. The van der Waals surface area contributed by atoms with E-state index < -0.39 is 0 Å². The highest BCUT2D eigenvalue weighted by Gasteiger charge is 2.55. The summed E-state index contributed by atoms with van der Waals surface area (Å²) in [5, 5.41) is 0. The summed E-state index contributed by atoms with van der Waals surface area (Å²) < 4.78 is 0. The van der Waals surface area contributed by atoms with E-state index in [1.165, 1.54) is 17.8 Å². The second-order valence-corrected chi connectivity index (χ2v) is 5.12. The molecule has 0 aliphatic heterocycles. The monoisotopic (exact) mass is 150 g/mol. The van der Waals surface area contributed by atoms with Gasteiger partial charge in [-0.3, -0.25) is 0 Å². The molecule has 0 aromatic heterocycles. The normalized spacial score (nSPS) is 58.1. The molecule has 0 heteroatoms. The number of hydrogen-bond acceptors (Lipinski definition) is 0. The minimum absolute atomic E-state index is 1.09. The first-order valence-electron chi connectivity index (χ1n) is 5.36. The van der Waals surface area contributed by atoms with Crippen molar-refractivity contribution >= 4 is 0 Å². The molecule has 62 valence electrons. The zero-order valence-corrected chi connectivity index (χ0v) is 7.42. The van der Waals surface area contributed by atoms with Crippen molar-refractivity contribution in [1.82, 2.24) is 0 Å². The molecule has 3 fully saturated rings. The Morgan fingerprint density at radius 1 is 1.09 bits per heavy atom. The van der Waals surface area contributed by atoms with Crippen molar-refractivity contribution in [1.29, 1.82) is 0 Å². The lowest BCUT2D eigenvalue weighted by Crippen LogP contribution is -1.93. The van der Waals surface area contributed by atoms with E-state index in [1.54, 1.807) is 32.1 Å². The van der Waals surface area contributed by atoms with Crippen LogP contribution in [-0.2, 0) is 0 Å². The minimum Gasteiger partial charge on any atom is -0.0622 e. The second-order valence-electron chi connectivity index (χ2n) is 5.12. The van der Waals surface area contributed by atoms with Crippen LogP contribution in [0.5, 0.6) is 0 Å². The first-order valence-corrected chi connectivity index (χ1v) is 5.36. The molecule has 0 amide bonds. The Morgan fingerprint density at radius 2 is 1.73 bits per heavy atom. The van der Waals surface area contributed by atoms with Crippen molar-refractivity contribution in [2.45, 2.75) is 39.0 Å². The highest BCUT2D eigenvalue weighted by atomic mass is 14.6. The molecule has 0 N–H and O–H groups in total. The molecular weight excluding hydrogens is 132 g/mol. The SMILES string of the molecule is CC1CC1CCC1C2CCC12. The lowest BCUT2D eigenvalue weighted by Gasteiger charge is -2.04. The lowest BCUT2D eigenvalue weighted by atomic mass is 10.0. The zero-order valence-electron chi connectivity index (χ0n) is 7.42. The Hall–Kier alpha value is 0. The summed E-state index contributed by atoms with van der Waals surface area (Å²) in [6.45, 7) is 2.41. The third kappa shape index (κ3) is 0.947. The van der Waals surface area contributed by atoms with Crippen LogP contribution in [0.25, 0.3) is 0 Å². The van der Waals surface area contributed by atoms with Crippen molar-refractivity contribution in [2.75, 3.05) is 0 Å².